The molecule has 0 radical (unpaired) electrons. The molecule has 4 aromatic heterocycles. The van der Waals surface area contributed by atoms with E-state index >= 15 is 4.39 Å². The molecular formula is C27H18ClFN8O2. The number of aryl methyl sites for hydroxylation is 1. The van der Waals surface area contributed by atoms with Crippen LogP contribution in [0, 0.1) is 18.8 Å². The Bertz CT molecular complexity index is 1990. The molecule has 39 heavy (non-hydrogen) atoms. The fourth-order valence-electron chi connectivity index (χ4n) is 5.90. The van der Waals surface area contributed by atoms with E-state index in [1.807, 2.05) is 25.1 Å². The summed E-state index contributed by atoms with van der Waals surface area (Å²) in [6.07, 6.45) is 2.35. The van der Waals surface area contributed by atoms with Gasteiger partial charge in [-0.15, -0.1) is 5.10 Å². The van der Waals surface area contributed by atoms with E-state index in [4.69, 9.17) is 16.1 Å². The molecule has 3 unspecified atom stereocenters. The summed E-state index contributed by atoms with van der Waals surface area (Å²) >= 11 is 6.32. The third-order valence-electron chi connectivity index (χ3n) is 7.77. The Kier molecular flexibility index (Phi) is 4.55. The number of imidazole rings is 1. The van der Waals surface area contributed by atoms with E-state index in [0.717, 1.165) is 28.8 Å². The number of nitrogens with one attached hydrogen (secondary N) is 1. The van der Waals surface area contributed by atoms with Crippen molar-refractivity contribution in [3.63, 3.8) is 0 Å². The van der Waals surface area contributed by atoms with Crippen LogP contribution in [0.15, 0.2) is 64.2 Å². The summed E-state index contributed by atoms with van der Waals surface area (Å²) < 4.78 is 23.9. The first kappa shape index (κ1) is 22.4. The molecule has 2 aliphatic rings. The van der Waals surface area contributed by atoms with Gasteiger partial charge in [0.25, 0.3) is 5.56 Å². The lowest BCUT2D eigenvalue weighted by molar-refractivity contribution is 0.450. The second kappa shape index (κ2) is 7.93. The molecule has 192 valence electrons. The van der Waals surface area contributed by atoms with Crippen LogP contribution >= 0.6 is 11.6 Å². The maximum Gasteiger partial charge on any atom is 0.251 e. The van der Waals surface area contributed by atoms with Gasteiger partial charge in [-0.25, -0.2) is 4.98 Å². The Morgan fingerprint density at radius 1 is 1.13 bits per heavy atom. The molecule has 1 saturated carbocycles. The number of fused-ring (bicyclic) bond motifs is 4. The Morgan fingerprint density at radius 3 is 2.87 bits per heavy atom. The summed E-state index contributed by atoms with van der Waals surface area (Å²) in [5.74, 6) is 0.0133. The summed E-state index contributed by atoms with van der Waals surface area (Å²) in [6.45, 7) is 1.86. The van der Waals surface area contributed by atoms with Crippen molar-refractivity contribution >= 4 is 22.6 Å². The number of H-pyrrole nitrogens is 1. The molecule has 1 fully saturated rings. The van der Waals surface area contributed by atoms with Crippen molar-refractivity contribution in [3.05, 3.63) is 93.3 Å². The normalized spacial score (nSPS) is 19.4. The number of benzene rings is 2. The van der Waals surface area contributed by atoms with Gasteiger partial charge in [0.05, 0.1) is 23.1 Å². The van der Waals surface area contributed by atoms with E-state index in [1.54, 1.807) is 34.9 Å². The lowest BCUT2D eigenvalue weighted by Crippen LogP contribution is -2.26. The largest absolute Gasteiger partial charge is 0.356 e. The van der Waals surface area contributed by atoms with Gasteiger partial charge in [0, 0.05) is 39.2 Å². The standard InChI is InChI=1S/C27H18ClFN8O2/c1-12-16-4-2-13(7-22(16)39-33-12)27-31-24(26(29)32-27)25-19-10-18(19)21-6-14(8-23(38)37(21)25)17-9-15(28)3-5-20(17)36-11-30-34-35-36/h2-9,11,18-19,25H,10H2,1H3,(H,31,32). The van der Waals surface area contributed by atoms with Crippen LogP contribution in [0.4, 0.5) is 4.39 Å². The molecule has 1 N–H and O–H groups in total. The summed E-state index contributed by atoms with van der Waals surface area (Å²) in [6, 6.07) is 13.9. The first-order chi connectivity index (χ1) is 19.0. The highest BCUT2D eigenvalue weighted by Gasteiger charge is 2.54. The number of aromatic nitrogens is 8. The maximum atomic E-state index is 15.4. The highest BCUT2D eigenvalue weighted by molar-refractivity contribution is 6.31. The molecular weight excluding hydrogens is 523 g/mol. The number of halogens is 2. The lowest BCUT2D eigenvalue weighted by Gasteiger charge is -2.18. The summed E-state index contributed by atoms with van der Waals surface area (Å²) in [5.41, 5.74) is 5.12. The van der Waals surface area contributed by atoms with Crippen molar-refractivity contribution in [2.45, 2.75) is 25.3 Å². The van der Waals surface area contributed by atoms with Gasteiger partial charge < -0.3 is 14.1 Å². The Morgan fingerprint density at radius 2 is 2.03 bits per heavy atom. The molecule has 10 nitrogen and oxygen atoms in total. The van der Waals surface area contributed by atoms with Gasteiger partial charge in [-0.3, -0.25) is 4.79 Å². The number of hydrogen-bond donors (Lipinski definition) is 1. The zero-order valence-electron chi connectivity index (χ0n) is 20.3. The highest BCUT2D eigenvalue weighted by Crippen LogP contribution is 2.61. The monoisotopic (exact) mass is 540 g/mol. The third-order valence-corrected chi connectivity index (χ3v) is 8.01. The Labute approximate surface area is 224 Å². The van der Waals surface area contributed by atoms with Gasteiger partial charge >= 0.3 is 0 Å². The van der Waals surface area contributed by atoms with Gasteiger partial charge in [-0.2, -0.15) is 9.07 Å². The van der Waals surface area contributed by atoms with Crippen LogP contribution in [0.5, 0.6) is 0 Å². The Hall–Kier alpha value is -4.64. The van der Waals surface area contributed by atoms with Crippen molar-refractivity contribution in [2.75, 3.05) is 0 Å². The second-order valence-electron chi connectivity index (χ2n) is 10.0. The quantitative estimate of drug-likeness (QED) is 0.340. The van der Waals surface area contributed by atoms with Crippen LogP contribution in [0.2, 0.25) is 5.02 Å². The molecule has 0 bridgehead atoms. The number of rotatable bonds is 4. The van der Waals surface area contributed by atoms with Crippen molar-refractivity contribution in [3.8, 4) is 28.2 Å². The van der Waals surface area contributed by atoms with Crippen LogP contribution in [0.25, 0.3) is 39.2 Å². The molecule has 1 aliphatic carbocycles. The number of aromatic amines is 1. The van der Waals surface area contributed by atoms with Gasteiger partial charge in [-0.05, 0) is 71.7 Å². The average Bonchev–Trinajstić information content (AvgIpc) is 3.29. The van der Waals surface area contributed by atoms with Crippen LogP contribution in [-0.4, -0.2) is 39.9 Å². The third kappa shape index (κ3) is 3.32. The first-order valence-corrected chi connectivity index (χ1v) is 12.8. The van der Waals surface area contributed by atoms with E-state index in [1.165, 1.54) is 11.0 Å². The van der Waals surface area contributed by atoms with Gasteiger partial charge in [-0.1, -0.05) is 22.8 Å². The minimum Gasteiger partial charge on any atom is -0.356 e. The van der Waals surface area contributed by atoms with Gasteiger partial charge in [0.15, 0.2) is 5.58 Å². The van der Waals surface area contributed by atoms with Crippen LogP contribution in [-0.2, 0) is 0 Å². The Balaban J connectivity index is 1.22. The molecule has 8 rings (SSSR count). The van der Waals surface area contributed by atoms with Crippen LogP contribution in [0.1, 0.15) is 35.5 Å². The van der Waals surface area contributed by atoms with E-state index in [9.17, 15) is 4.79 Å². The number of tetrazole rings is 1. The van der Waals surface area contributed by atoms with Crippen molar-refractivity contribution < 1.29 is 8.91 Å². The van der Waals surface area contributed by atoms with E-state index in [0.29, 0.717) is 38.9 Å². The molecule has 0 amide bonds. The summed E-state index contributed by atoms with van der Waals surface area (Å²) in [4.78, 5) is 20.9. The number of hydrogen-bond acceptors (Lipinski definition) is 7. The molecule has 5 heterocycles. The summed E-state index contributed by atoms with van der Waals surface area (Å²) in [7, 11) is 0. The minimum absolute atomic E-state index is 0.105. The minimum atomic E-state index is -0.617. The molecule has 3 atom stereocenters. The topological polar surface area (TPSA) is 120 Å². The van der Waals surface area contributed by atoms with E-state index in [-0.39, 0.29) is 17.4 Å². The predicted octanol–water partition coefficient (Wildman–Crippen LogP) is 4.83. The number of nitrogens with zero attached hydrogens (tertiary/aromatic N) is 7. The predicted molar refractivity (Wildman–Crippen MR) is 139 cm³/mol. The lowest BCUT2D eigenvalue weighted by atomic mass is 10.0. The zero-order chi connectivity index (χ0) is 26.4. The number of pyridine rings is 1. The fourth-order valence-corrected chi connectivity index (χ4v) is 6.07. The summed E-state index contributed by atoms with van der Waals surface area (Å²) in [5, 5.41) is 16.8. The van der Waals surface area contributed by atoms with E-state index < -0.39 is 12.0 Å². The highest BCUT2D eigenvalue weighted by atomic mass is 35.5. The van der Waals surface area contributed by atoms with Crippen molar-refractivity contribution in [1.82, 2.24) is 39.9 Å². The molecule has 12 heteroatoms. The SMILES string of the molecule is Cc1noc2cc(-c3nc(F)c(C4C5CC5c5cc(-c6cc(Cl)ccc6-n6cnnn6)cc(=O)n54)[nH]3)ccc12. The smallest absolute Gasteiger partial charge is 0.251 e. The van der Waals surface area contributed by atoms with Crippen molar-refractivity contribution in [1.29, 1.82) is 0 Å². The first-order valence-electron chi connectivity index (χ1n) is 12.4. The van der Waals surface area contributed by atoms with Gasteiger partial charge in [0.1, 0.15) is 12.2 Å². The molecule has 2 aromatic carbocycles. The van der Waals surface area contributed by atoms with Crippen LogP contribution < -0.4 is 5.56 Å². The zero-order valence-corrected chi connectivity index (χ0v) is 21.1. The molecule has 0 spiro atoms. The molecule has 6 aromatic rings. The van der Waals surface area contributed by atoms with Gasteiger partial charge in [0.2, 0.25) is 5.95 Å². The van der Waals surface area contributed by atoms with E-state index in [2.05, 4.69) is 30.7 Å². The maximum absolute atomic E-state index is 15.4. The average molecular weight is 541 g/mol. The van der Waals surface area contributed by atoms with Crippen molar-refractivity contribution in [2.24, 2.45) is 5.92 Å². The molecule has 1 aliphatic heterocycles. The second-order valence-corrected chi connectivity index (χ2v) is 10.4. The fraction of sp³-hybridized carbons (Fsp3) is 0.185. The molecule has 0 saturated heterocycles. The van der Waals surface area contributed by atoms with Crippen LogP contribution in [0.3, 0.4) is 0 Å².